The first-order valence-electron chi connectivity index (χ1n) is 8.00. The van der Waals surface area contributed by atoms with Crippen LogP contribution >= 0.6 is 0 Å². The number of rotatable bonds is 4. The molecule has 0 unspecified atom stereocenters. The topological polar surface area (TPSA) is 71.6 Å². The third-order valence-corrected chi connectivity index (χ3v) is 4.04. The Labute approximate surface area is 146 Å². The number of aromatic amines is 1. The van der Waals surface area contributed by atoms with Crippen LogP contribution in [0.1, 0.15) is 22.5 Å². The number of anilines is 1. The van der Waals surface area contributed by atoms with Crippen LogP contribution in [0.15, 0.2) is 30.3 Å². The molecule has 6 heteroatoms. The lowest BCUT2D eigenvalue weighted by Crippen LogP contribution is -2.34. The normalized spacial score (nSPS) is 14.9. The van der Waals surface area contributed by atoms with E-state index in [9.17, 15) is 9.59 Å². The Morgan fingerprint density at radius 3 is 2.68 bits per heavy atom. The number of benzene rings is 1. The monoisotopic (exact) mass is 340 g/mol. The van der Waals surface area contributed by atoms with Crippen LogP contribution in [0.3, 0.4) is 0 Å². The molecule has 6 nitrogen and oxygen atoms in total. The van der Waals surface area contributed by atoms with Crippen molar-refractivity contribution in [3.05, 3.63) is 52.8 Å². The lowest BCUT2D eigenvalue weighted by Gasteiger charge is -2.14. The van der Waals surface area contributed by atoms with Gasteiger partial charge in [-0.3, -0.25) is 4.79 Å². The summed E-state index contributed by atoms with van der Waals surface area (Å²) in [4.78, 5) is 29.5. The molecule has 2 aromatic rings. The van der Waals surface area contributed by atoms with E-state index in [1.807, 2.05) is 32.0 Å². The minimum Gasteiger partial charge on any atom is -0.446 e. The Kier molecular flexibility index (Phi) is 4.72. The number of carbonyl (C=O) groups is 2. The summed E-state index contributed by atoms with van der Waals surface area (Å²) >= 11 is 0. The summed E-state index contributed by atoms with van der Waals surface area (Å²) in [6.45, 7) is 4.30. The van der Waals surface area contributed by atoms with Crippen LogP contribution < -0.4 is 4.90 Å². The summed E-state index contributed by atoms with van der Waals surface area (Å²) in [5, 5.41) is 0. The highest BCUT2D eigenvalue weighted by Crippen LogP contribution is 2.38. The van der Waals surface area contributed by atoms with Gasteiger partial charge in [-0.1, -0.05) is 18.2 Å². The standard InChI is InChI=1S/C19H20N2O4/c1-12-10-13(2)20-16(12)11-15-14-6-4-5-7-17(14)21(18(15)22)19(23)25-9-8-24-3/h4-7,10-11,20H,8-9H2,1-3H3. The highest BCUT2D eigenvalue weighted by molar-refractivity contribution is 6.41. The summed E-state index contributed by atoms with van der Waals surface area (Å²) in [6, 6.07) is 9.20. The summed E-state index contributed by atoms with van der Waals surface area (Å²) in [5.74, 6) is -0.393. The summed E-state index contributed by atoms with van der Waals surface area (Å²) in [6.07, 6.45) is 1.09. The average molecular weight is 340 g/mol. The number of para-hydroxylation sites is 1. The minimum absolute atomic E-state index is 0.0925. The van der Waals surface area contributed by atoms with E-state index in [0.717, 1.165) is 21.9 Å². The molecule has 0 saturated heterocycles. The number of nitrogens with one attached hydrogen (secondary N) is 1. The highest BCUT2D eigenvalue weighted by Gasteiger charge is 2.37. The van der Waals surface area contributed by atoms with E-state index < -0.39 is 12.0 Å². The molecule has 1 N–H and O–H groups in total. The largest absolute Gasteiger partial charge is 0.446 e. The maximum absolute atomic E-state index is 12.9. The molecule has 1 aliphatic heterocycles. The molecular weight excluding hydrogens is 320 g/mol. The fourth-order valence-electron chi connectivity index (χ4n) is 2.88. The molecule has 3 rings (SSSR count). The number of nitrogens with zero attached hydrogens (tertiary/aromatic N) is 1. The van der Waals surface area contributed by atoms with Gasteiger partial charge in [0.25, 0.3) is 5.91 Å². The SMILES string of the molecule is COCCOC(=O)N1C(=O)C(=Cc2[nH]c(C)cc2C)c2ccccc21. The van der Waals surface area contributed by atoms with Crippen LogP contribution in [0.2, 0.25) is 0 Å². The number of H-pyrrole nitrogens is 1. The molecule has 0 spiro atoms. The maximum Gasteiger partial charge on any atom is 0.421 e. The van der Waals surface area contributed by atoms with Crippen molar-refractivity contribution < 1.29 is 19.1 Å². The molecule has 1 aliphatic rings. The van der Waals surface area contributed by atoms with Crippen LogP contribution in [0.25, 0.3) is 11.6 Å². The quantitative estimate of drug-likeness (QED) is 0.685. The molecule has 25 heavy (non-hydrogen) atoms. The van der Waals surface area contributed by atoms with Gasteiger partial charge in [0.1, 0.15) is 6.61 Å². The first-order chi connectivity index (χ1) is 12.0. The Morgan fingerprint density at radius 2 is 2.00 bits per heavy atom. The van der Waals surface area contributed by atoms with Gasteiger partial charge in [-0.05, 0) is 37.6 Å². The smallest absolute Gasteiger partial charge is 0.421 e. The Balaban J connectivity index is 1.98. The van der Waals surface area contributed by atoms with E-state index >= 15 is 0 Å². The molecule has 2 heterocycles. The van der Waals surface area contributed by atoms with Gasteiger partial charge in [-0.15, -0.1) is 0 Å². The summed E-state index contributed by atoms with van der Waals surface area (Å²) < 4.78 is 10.00. The first-order valence-corrected chi connectivity index (χ1v) is 8.00. The van der Waals surface area contributed by atoms with Crippen molar-refractivity contribution in [1.29, 1.82) is 0 Å². The number of carbonyl (C=O) groups excluding carboxylic acids is 2. The number of ether oxygens (including phenoxy) is 2. The van der Waals surface area contributed by atoms with Crippen molar-refractivity contribution in [2.75, 3.05) is 25.2 Å². The van der Waals surface area contributed by atoms with Gasteiger partial charge in [0.2, 0.25) is 0 Å². The van der Waals surface area contributed by atoms with Crippen LogP contribution in [0.4, 0.5) is 10.5 Å². The van der Waals surface area contributed by atoms with E-state index in [1.165, 1.54) is 7.11 Å². The lowest BCUT2D eigenvalue weighted by atomic mass is 10.1. The minimum atomic E-state index is -0.697. The van der Waals surface area contributed by atoms with Crippen molar-refractivity contribution in [2.45, 2.75) is 13.8 Å². The summed E-state index contributed by atoms with van der Waals surface area (Å²) in [5.41, 5.74) is 4.61. The van der Waals surface area contributed by atoms with Crippen LogP contribution in [-0.2, 0) is 14.3 Å². The third-order valence-electron chi connectivity index (χ3n) is 4.04. The predicted octanol–water partition coefficient (Wildman–Crippen LogP) is 3.30. The molecule has 0 saturated carbocycles. The van der Waals surface area contributed by atoms with Crippen molar-refractivity contribution in [2.24, 2.45) is 0 Å². The second kappa shape index (κ2) is 6.94. The van der Waals surface area contributed by atoms with E-state index in [2.05, 4.69) is 4.98 Å². The number of methoxy groups -OCH3 is 1. The highest BCUT2D eigenvalue weighted by atomic mass is 16.6. The molecule has 0 aliphatic carbocycles. The van der Waals surface area contributed by atoms with Gasteiger partial charge >= 0.3 is 6.09 Å². The number of imide groups is 1. The molecule has 130 valence electrons. The maximum atomic E-state index is 12.9. The van der Waals surface area contributed by atoms with Gasteiger partial charge in [-0.2, -0.15) is 0 Å². The Bertz CT molecular complexity index is 851. The van der Waals surface area contributed by atoms with E-state index in [-0.39, 0.29) is 13.2 Å². The van der Waals surface area contributed by atoms with Gasteiger partial charge in [-0.25, -0.2) is 9.69 Å². The van der Waals surface area contributed by atoms with Gasteiger partial charge < -0.3 is 14.5 Å². The Hall–Kier alpha value is -2.86. The summed E-state index contributed by atoms with van der Waals surface area (Å²) in [7, 11) is 1.52. The third kappa shape index (κ3) is 3.21. The molecule has 1 aromatic heterocycles. The van der Waals surface area contributed by atoms with Gasteiger partial charge in [0.05, 0.1) is 17.9 Å². The molecule has 0 bridgehead atoms. The van der Waals surface area contributed by atoms with Gasteiger partial charge in [0, 0.05) is 24.1 Å². The lowest BCUT2D eigenvalue weighted by molar-refractivity contribution is -0.112. The number of hydrogen-bond donors (Lipinski definition) is 1. The van der Waals surface area contributed by atoms with Crippen molar-refractivity contribution in [1.82, 2.24) is 4.98 Å². The van der Waals surface area contributed by atoms with Gasteiger partial charge in [0.15, 0.2) is 0 Å². The Morgan fingerprint density at radius 1 is 1.24 bits per heavy atom. The van der Waals surface area contributed by atoms with Crippen molar-refractivity contribution in [3.63, 3.8) is 0 Å². The predicted molar refractivity (Wildman–Crippen MR) is 95.3 cm³/mol. The van der Waals surface area contributed by atoms with Crippen LogP contribution in [-0.4, -0.2) is 37.3 Å². The van der Waals surface area contributed by atoms with Crippen molar-refractivity contribution in [3.8, 4) is 0 Å². The number of amides is 2. The molecule has 0 atom stereocenters. The second-order valence-electron chi connectivity index (χ2n) is 5.87. The fourth-order valence-corrected chi connectivity index (χ4v) is 2.88. The van der Waals surface area contributed by atoms with E-state index in [1.54, 1.807) is 18.2 Å². The van der Waals surface area contributed by atoms with Crippen molar-refractivity contribution >= 4 is 29.3 Å². The number of aromatic nitrogens is 1. The zero-order chi connectivity index (χ0) is 18.0. The molecule has 0 radical (unpaired) electrons. The number of aryl methyl sites for hydroxylation is 2. The average Bonchev–Trinajstić information content (AvgIpc) is 3.05. The number of hydrogen-bond acceptors (Lipinski definition) is 4. The molecule has 1 aromatic carbocycles. The number of fused-ring (bicyclic) bond motifs is 1. The molecule has 2 amide bonds. The van der Waals surface area contributed by atoms with Crippen LogP contribution in [0.5, 0.6) is 0 Å². The zero-order valence-electron chi connectivity index (χ0n) is 14.5. The molecule has 0 fully saturated rings. The fraction of sp³-hybridized carbons (Fsp3) is 0.263. The second-order valence-corrected chi connectivity index (χ2v) is 5.87. The zero-order valence-corrected chi connectivity index (χ0v) is 14.5. The van der Waals surface area contributed by atoms with Crippen LogP contribution in [0, 0.1) is 13.8 Å². The van der Waals surface area contributed by atoms with E-state index in [4.69, 9.17) is 9.47 Å². The van der Waals surface area contributed by atoms with E-state index in [0.29, 0.717) is 16.8 Å². The molecular formula is C19H20N2O4. The first kappa shape index (κ1) is 17.0.